The number of hydrogen-bond donors (Lipinski definition) is 0. The summed E-state index contributed by atoms with van der Waals surface area (Å²) >= 11 is 0. The molecule has 2 nitrogen and oxygen atoms in total. The Morgan fingerprint density at radius 1 is 0.333 bits per heavy atom. The molecule has 0 fully saturated rings. The van der Waals surface area contributed by atoms with E-state index in [1.807, 2.05) is 0 Å². The number of anilines is 3. The van der Waals surface area contributed by atoms with Crippen molar-refractivity contribution < 1.29 is 4.42 Å². The van der Waals surface area contributed by atoms with Crippen molar-refractivity contribution in [3.8, 4) is 44.5 Å². The van der Waals surface area contributed by atoms with Crippen molar-refractivity contribution in [3.63, 3.8) is 0 Å². The molecule has 0 aliphatic rings. The van der Waals surface area contributed by atoms with E-state index in [0.717, 1.165) is 61.1 Å². The van der Waals surface area contributed by atoms with Gasteiger partial charge in [-0.25, -0.2) is 0 Å². The number of furan rings is 1. The second-order valence-electron chi connectivity index (χ2n) is 13.7. The van der Waals surface area contributed by atoms with E-state index in [1.54, 1.807) is 0 Å². The second-order valence-corrected chi connectivity index (χ2v) is 13.7. The topological polar surface area (TPSA) is 16.4 Å². The summed E-state index contributed by atoms with van der Waals surface area (Å²) in [6.45, 7) is 0. The van der Waals surface area contributed by atoms with Gasteiger partial charge >= 0.3 is 0 Å². The molecule has 0 saturated heterocycles. The first kappa shape index (κ1) is 31.6. The van der Waals surface area contributed by atoms with E-state index >= 15 is 0 Å². The lowest BCUT2D eigenvalue weighted by Crippen LogP contribution is -2.11. The second kappa shape index (κ2) is 13.4. The molecule has 0 radical (unpaired) electrons. The lowest BCUT2D eigenvalue weighted by molar-refractivity contribution is 0.672. The minimum Gasteiger partial charge on any atom is -0.455 e. The number of para-hydroxylation sites is 1. The van der Waals surface area contributed by atoms with Gasteiger partial charge in [0.1, 0.15) is 11.2 Å². The highest BCUT2D eigenvalue weighted by atomic mass is 16.3. The molecule has 0 spiro atoms. The lowest BCUT2D eigenvalue weighted by atomic mass is 9.91. The third kappa shape index (κ3) is 5.53. The van der Waals surface area contributed by atoms with Crippen molar-refractivity contribution >= 4 is 49.8 Å². The molecule has 0 atom stereocenters. The fraction of sp³-hybridized carbons (Fsp3) is 0. The van der Waals surface area contributed by atoms with Gasteiger partial charge in [0.15, 0.2) is 0 Å². The smallest absolute Gasteiger partial charge is 0.143 e. The maximum Gasteiger partial charge on any atom is 0.143 e. The van der Waals surface area contributed by atoms with Gasteiger partial charge in [-0.3, -0.25) is 0 Å². The summed E-state index contributed by atoms with van der Waals surface area (Å²) in [7, 11) is 0. The third-order valence-electron chi connectivity index (χ3n) is 10.5. The number of rotatable bonds is 7. The highest BCUT2D eigenvalue weighted by Crippen LogP contribution is 2.47. The van der Waals surface area contributed by atoms with Gasteiger partial charge in [-0.2, -0.15) is 0 Å². The van der Waals surface area contributed by atoms with Crippen LogP contribution in [0.3, 0.4) is 0 Å². The van der Waals surface area contributed by atoms with Crippen LogP contribution in [0.25, 0.3) is 77.2 Å². The Balaban J connectivity index is 1.15. The molecule has 54 heavy (non-hydrogen) atoms. The molecule has 0 amide bonds. The van der Waals surface area contributed by atoms with Gasteiger partial charge in [0, 0.05) is 22.0 Å². The summed E-state index contributed by atoms with van der Waals surface area (Å²) in [6, 6.07) is 75.8. The molecule has 0 bridgehead atoms. The van der Waals surface area contributed by atoms with Crippen LogP contribution in [0.2, 0.25) is 0 Å². The van der Waals surface area contributed by atoms with E-state index in [1.165, 1.54) is 33.2 Å². The van der Waals surface area contributed by atoms with Crippen LogP contribution >= 0.6 is 0 Å². The van der Waals surface area contributed by atoms with E-state index in [-0.39, 0.29) is 0 Å². The zero-order valence-corrected chi connectivity index (χ0v) is 29.6. The van der Waals surface area contributed by atoms with Gasteiger partial charge in [-0.05, 0) is 86.8 Å². The van der Waals surface area contributed by atoms with Crippen molar-refractivity contribution in [2.75, 3.05) is 4.90 Å². The Labute approximate surface area is 314 Å². The van der Waals surface area contributed by atoms with Crippen molar-refractivity contribution in [1.82, 2.24) is 0 Å². The van der Waals surface area contributed by atoms with Gasteiger partial charge in [-0.1, -0.05) is 170 Å². The highest BCUT2D eigenvalue weighted by Gasteiger charge is 2.22. The molecule has 0 N–H and O–H groups in total. The van der Waals surface area contributed by atoms with Gasteiger partial charge in [0.25, 0.3) is 0 Å². The number of nitrogens with zero attached hydrogens (tertiary/aromatic N) is 1. The molecule has 9 aromatic carbocycles. The van der Waals surface area contributed by atoms with Crippen LogP contribution in [0.5, 0.6) is 0 Å². The van der Waals surface area contributed by atoms with Crippen molar-refractivity contribution in [2.24, 2.45) is 0 Å². The lowest BCUT2D eigenvalue weighted by Gasteiger charge is -2.28. The Morgan fingerprint density at radius 3 is 1.67 bits per heavy atom. The highest BCUT2D eigenvalue weighted by molar-refractivity contribution is 6.19. The summed E-state index contributed by atoms with van der Waals surface area (Å²) in [5, 5.41) is 4.48. The van der Waals surface area contributed by atoms with Crippen LogP contribution in [0.15, 0.2) is 217 Å². The normalized spacial score (nSPS) is 11.3. The fourth-order valence-corrected chi connectivity index (χ4v) is 7.91. The molecule has 0 aliphatic heterocycles. The Bertz CT molecular complexity index is 2910. The zero-order valence-electron chi connectivity index (χ0n) is 29.6. The van der Waals surface area contributed by atoms with Crippen LogP contribution in [0.1, 0.15) is 0 Å². The molecule has 0 unspecified atom stereocenters. The summed E-state index contributed by atoms with van der Waals surface area (Å²) < 4.78 is 6.68. The first-order chi connectivity index (χ1) is 26.8. The number of fused-ring (bicyclic) bond motifs is 5. The average Bonchev–Trinajstić information content (AvgIpc) is 3.65. The van der Waals surface area contributed by atoms with E-state index < -0.39 is 0 Å². The van der Waals surface area contributed by atoms with E-state index in [2.05, 4.69) is 217 Å². The Morgan fingerprint density at radius 2 is 0.926 bits per heavy atom. The van der Waals surface area contributed by atoms with Crippen molar-refractivity contribution in [2.45, 2.75) is 0 Å². The number of hydrogen-bond acceptors (Lipinski definition) is 2. The monoisotopic (exact) mass is 689 g/mol. The maximum atomic E-state index is 6.68. The minimum absolute atomic E-state index is 0.865. The standard InChI is InChI=1S/C52H35NO/c1-4-15-37(16-5-1)43-33-30-41(35-47(43)39-19-8-3-9-20-39)36-27-31-42(32-28-36)53(48-24-13-12-22-44(48)38-17-6-2-7-18-38)49-25-14-26-50-51(49)46-34-29-40-21-10-11-23-45(40)52(46)54-50/h1-35H. The predicted molar refractivity (Wildman–Crippen MR) is 228 cm³/mol. The van der Waals surface area contributed by atoms with E-state index in [4.69, 9.17) is 4.42 Å². The largest absolute Gasteiger partial charge is 0.455 e. The first-order valence-electron chi connectivity index (χ1n) is 18.4. The molecule has 10 rings (SSSR count). The molecule has 0 saturated carbocycles. The van der Waals surface area contributed by atoms with Gasteiger partial charge in [0.05, 0.1) is 16.8 Å². The molecule has 10 aromatic rings. The third-order valence-corrected chi connectivity index (χ3v) is 10.5. The minimum atomic E-state index is 0.865. The molecule has 0 aliphatic carbocycles. The molecule has 1 heterocycles. The Hall–Kier alpha value is -7.16. The van der Waals surface area contributed by atoms with Crippen LogP contribution < -0.4 is 4.90 Å². The summed E-state index contributed by atoms with van der Waals surface area (Å²) in [6.07, 6.45) is 0. The van der Waals surface area contributed by atoms with Crippen LogP contribution in [0, 0.1) is 0 Å². The van der Waals surface area contributed by atoms with Gasteiger partial charge < -0.3 is 9.32 Å². The SMILES string of the molecule is c1ccc(-c2ccc(-c3ccc(N(c4ccccc4-c4ccccc4)c4cccc5oc6c7ccccc7ccc6c45)cc3)cc2-c2ccccc2)cc1. The molecule has 254 valence electrons. The molecular formula is C52H35NO. The fourth-order valence-electron chi connectivity index (χ4n) is 7.91. The van der Waals surface area contributed by atoms with E-state index in [0.29, 0.717) is 0 Å². The summed E-state index contributed by atoms with van der Waals surface area (Å²) in [4.78, 5) is 2.40. The molecule has 2 heteroatoms. The predicted octanol–water partition coefficient (Wildman–Crippen LogP) is 14.9. The summed E-state index contributed by atoms with van der Waals surface area (Å²) in [5.74, 6) is 0. The first-order valence-corrected chi connectivity index (χ1v) is 18.4. The number of benzene rings is 9. The van der Waals surface area contributed by atoms with Crippen LogP contribution in [-0.4, -0.2) is 0 Å². The van der Waals surface area contributed by atoms with Gasteiger partial charge in [-0.15, -0.1) is 0 Å². The average molecular weight is 690 g/mol. The van der Waals surface area contributed by atoms with Crippen LogP contribution in [0.4, 0.5) is 17.1 Å². The van der Waals surface area contributed by atoms with Crippen molar-refractivity contribution in [1.29, 1.82) is 0 Å². The zero-order chi connectivity index (χ0) is 35.8. The maximum absolute atomic E-state index is 6.68. The van der Waals surface area contributed by atoms with E-state index in [9.17, 15) is 0 Å². The molecular weight excluding hydrogens is 655 g/mol. The Kier molecular flexibility index (Phi) is 7.85. The molecule has 1 aromatic heterocycles. The van der Waals surface area contributed by atoms with Gasteiger partial charge in [0.2, 0.25) is 0 Å². The summed E-state index contributed by atoms with van der Waals surface area (Å²) in [5.41, 5.74) is 14.5. The van der Waals surface area contributed by atoms with Crippen LogP contribution in [-0.2, 0) is 0 Å². The quantitative estimate of drug-likeness (QED) is 0.166. The van der Waals surface area contributed by atoms with Crippen molar-refractivity contribution in [3.05, 3.63) is 212 Å².